The molecule has 0 aromatic rings. The van der Waals surface area contributed by atoms with E-state index in [1.807, 2.05) is 0 Å². The number of thioether (sulfide) groups is 1. The Morgan fingerprint density at radius 1 is 1.31 bits per heavy atom. The lowest BCUT2D eigenvalue weighted by Crippen LogP contribution is -2.29. The summed E-state index contributed by atoms with van der Waals surface area (Å²) in [5.41, 5.74) is 0. The van der Waals surface area contributed by atoms with Gasteiger partial charge in [-0.1, -0.05) is 12.8 Å². The molecule has 0 spiro atoms. The van der Waals surface area contributed by atoms with E-state index in [0.717, 1.165) is 5.92 Å². The first-order valence-electron chi connectivity index (χ1n) is 5.60. The van der Waals surface area contributed by atoms with Crippen LogP contribution in [0.2, 0.25) is 0 Å². The van der Waals surface area contributed by atoms with E-state index in [-0.39, 0.29) is 0 Å². The first-order chi connectivity index (χ1) is 6.35. The Hall–Kier alpha value is 0.310. The van der Waals surface area contributed by atoms with Crippen molar-refractivity contribution < 1.29 is 0 Å². The van der Waals surface area contributed by atoms with E-state index in [4.69, 9.17) is 0 Å². The number of nitrogens with one attached hydrogen (secondary N) is 1. The molecule has 0 aliphatic heterocycles. The van der Waals surface area contributed by atoms with Crippen molar-refractivity contribution in [2.45, 2.75) is 43.3 Å². The largest absolute Gasteiger partial charge is 0.315 e. The van der Waals surface area contributed by atoms with Crippen LogP contribution in [0.1, 0.15) is 38.5 Å². The molecule has 0 radical (unpaired) electrons. The quantitative estimate of drug-likeness (QED) is 0.730. The van der Waals surface area contributed by atoms with E-state index in [2.05, 4.69) is 23.3 Å². The summed E-state index contributed by atoms with van der Waals surface area (Å²) < 4.78 is 0.651. The second-order valence-corrected chi connectivity index (χ2v) is 5.94. The average Bonchev–Trinajstić information content (AvgIpc) is 2.74. The minimum Gasteiger partial charge on any atom is -0.315 e. The lowest BCUT2D eigenvalue weighted by atomic mass is 10.1. The van der Waals surface area contributed by atoms with Crippen molar-refractivity contribution in [2.75, 3.05) is 19.3 Å². The summed E-state index contributed by atoms with van der Waals surface area (Å²) in [6.07, 6.45) is 11.0. The molecule has 1 nitrogen and oxygen atoms in total. The standard InChI is InChI=1S/C11H21NS/c1-13-11(6-7-11)9-12-8-10-4-2-3-5-10/h10,12H,2-9H2,1H3. The minimum atomic E-state index is 0.651. The van der Waals surface area contributed by atoms with Crippen molar-refractivity contribution in [1.82, 2.24) is 5.32 Å². The maximum absolute atomic E-state index is 3.66. The summed E-state index contributed by atoms with van der Waals surface area (Å²) in [6, 6.07) is 0. The van der Waals surface area contributed by atoms with Gasteiger partial charge in [0.25, 0.3) is 0 Å². The molecule has 0 unspecified atom stereocenters. The van der Waals surface area contributed by atoms with Gasteiger partial charge in [-0.15, -0.1) is 0 Å². The van der Waals surface area contributed by atoms with Gasteiger partial charge in [-0.05, 0) is 44.4 Å². The fourth-order valence-corrected chi connectivity index (χ4v) is 3.07. The second-order valence-electron chi connectivity index (χ2n) is 4.67. The number of hydrogen-bond donors (Lipinski definition) is 1. The summed E-state index contributed by atoms with van der Waals surface area (Å²) in [6.45, 7) is 2.53. The highest BCUT2D eigenvalue weighted by Crippen LogP contribution is 2.46. The summed E-state index contributed by atoms with van der Waals surface area (Å²) >= 11 is 2.06. The molecule has 2 saturated carbocycles. The van der Waals surface area contributed by atoms with Crippen molar-refractivity contribution in [1.29, 1.82) is 0 Å². The van der Waals surface area contributed by atoms with E-state index < -0.39 is 0 Å². The molecule has 13 heavy (non-hydrogen) atoms. The first-order valence-corrected chi connectivity index (χ1v) is 6.83. The Labute approximate surface area is 86.0 Å². The summed E-state index contributed by atoms with van der Waals surface area (Å²) in [5.74, 6) is 0.998. The fraction of sp³-hybridized carbons (Fsp3) is 1.00. The van der Waals surface area contributed by atoms with Gasteiger partial charge in [0.15, 0.2) is 0 Å². The van der Waals surface area contributed by atoms with Crippen LogP contribution in [0.15, 0.2) is 0 Å². The van der Waals surface area contributed by atoms with Crippen molar-refractivity contribution in [3.8, 4) is 0 Å². The first kappa shape index (κ1) is 9.85. The Morgan fingerprint density at radius 3 is 2.54 bits per heavy atom. The van der Waals surface area contributed by atoms with E-state index in [1.54, 1.807) is 0 Å². The van der Waals surface area contributed by atoms with Crippen LogP contribution in [0.25, 0.3) is 0 Å². The van der Waals surface area contributed by atoms with E-state index in [9.17, 15) is 0 Å². The Bertz CT molecular complexity index is 159. The second kappa shape index (κ2) is 4.22. The van der Waals surface area contributed by atoms with Gasteiger partial charge in [0.1, 0.15) is 0 Å². The van der Waals surface area contributed by atoms with Gasteiger partial charge >= 0.3 is 0 Å². The van der Waals surface area contributed by atoms with E-state index in [0.29, 0.717) is 4.75 Å². The van der Waals surface area contributed by atoms with Crippen molar-refractivity contribution in [3.05, 3.63) is 0 Å². The maximum atomic E-state index is 3.66. The molecule has 0 bridgehead atoms. The van der Waals surface area contributed by atoms with Crippen LogP contribution in [-0.4, -0.2) is 24.1 Å². The third-order valence-corrected chi connectivity index (χ3v) is 5.01. The average molecular weight is 199 g/mol. The highest BCUT2D eigenvalue weighted by atomic mass is 32.2. The molecule has 0 aromatic carbocycles. The monoisotopic (exact) mass is 199 g/mol. The predicted octanol–water partition coefficient (Wildman–Crippen LogP) is 2.66. The van der Waals surface area contributed by atoms with Gasteiger partial charge in [-0.2, -0.15) is 11.8 Å². The molecule has 0 saturated heterocycles. The van der Waals surface area contributed by atoms with Crippen molar-refractivity contribution >= 4 is 11.8 Å². The zero-order valence-corrected chi connectivity index (χ0v) is 9.46. The Morgan fingerprint density at radius 2 is 2.00 bits per heavy atom. The molecule has 2 rings (SSSR count). The van der Waals surface area contributed by atoms with Gasteiger partial charge in [-0.3, -0.25) is 0 Å². The molecule has 0 heterocycles. The van der Waals surface area contributed by atoms with Crippen LogP contribution in [0.5, 0.6) is 0 Å². The zero-order chi connectivity index (χ0) is 9.15. The van der Waals surface area contributed by atoms with Gasteiger partial charge in [0.2, 0.25) is 0 Å². The Kier molecular flexibility index (Phi) is 3.20. The van der Waals surface area contributed by atoms with Crippen molar-refractivity contribution in [2.24, 2.45) is 5.92 Å². The van der Waals surface area contributed by atoms with Gasteiger partial charge in [0.05, 0.1) is 0 Å². The smallest absolute Gasteiger partial charge is 0.0282 e. The summed E-state index contributed by atoms with van der Waals surface area (Å²) in [7, 11) is 0. The third-order valence-electron chi connectivity index (χ3n) is 3.60. The molecule has 1 N–H and O–H groups in total. The fourth-order valence-electron chi connectivity index (χ4n) is 2.31. The molecule has 2 fully saturated rings. The number of hydrogen-bond acceptors (Lipinski definition) is 2. The van der Waals surface area contributed by atoms with Crippen LogP contribution in [0.3, 0.4) is 0 Å². The lowest BCUT2D eigenvalue weighted by molar-refractivity contribution is 0.487. The van der Waals surface area contributed by atoms with Crippen LogP contribution >= 0.6 is 11.8 Å². The third kappa shape index (κ3) is 2.63. The summed E-state index contributed by atoms with van der Waals surface area (Å²) in [4.78, 5) is 0. The predicted molar refractivity (Wildman–Crippen MR) is 60.3 cm³/mol. The van der Waals surface area contributed by atoms with Gasteiger partial charge < -0.3 is 5.32 Å². The van der Waals surface area contributed by atoms with E-state index >= 15 is 0 Å². The van der Waals surface area contributed by atoms with Crippen molar-refractivity contribution in [3.63, 3.8) is 0 Å². The molecule has 0 aromatic heterocycles. The zero-order valence-electron chi connectivity index (χ0n) is 8.64. The highest BCUT2D eigenvalue weighted by Gasteiger charge is 2.41. The van der Waals surface area contributed by atoms with Gasteiger partial charge in [0, 0.05) is 11.3 Å². The van der Waals surface area contributed by atoms with Crippen LogP contribution < -0.4 is 5.32 Å². The normalized spacial score (nSPS) is 26.5. The molecule has 76 valence electrons. The minimum absolute atomic E-state index is 0.651. The molecular formula is C11H21NS. The van der Waals surface area contributed by atoms with Crippen LogP contribution in [0.4, 0.5) is 0 Å². The molecule has 0 atom stereocenters. The molecule has 2 heteroatoms. The Balaban J connectivity index is 1.58. The molecule has 2 aliphatic rings. The molecular weight excluding hydrogens is 178 g/mol. The van der Waals surface area contributed by atoms with E-state index in [1.165, 1.54) is 51.6 Å². The van der Waals surface area contributed by atoms with Crippen LogP contribution in [0, 0.1) is 5.92 Å². The van der Waals surface area contributed by atoms with Gasteiger partial charge in [-0.25, -0.2) is 0 Å². The maximum Gasteiger partial charge on any atom is 0.0282 e. The molecule has 0 amide bonds. The molecule has 2 aliphatic carbocycles. The summed E-state index contributed by atoms with van der Waals surface area (Å²) in [5, 5.41) is 3.66. The lowest BCUT2D eigenvalue weighted by Gasteiger charge is -2.15. The van der Waals surface area contributed by atoms with Crippen LogP contribution in [-0.2, 0) is 0 Å². The highest BCUT2D eigenvalue weighted by molar-refractivity contribution is 8.00. The number of rotatable bonds is 5. The SMILES string of the molecule is CSC1(CNCC2CCCC2)CC1. The topological polar surface area (TPSA) is 12.0 Å².